The monoisotopic (exact) mass is 411 g/mol. The molecule has 6 nitrogen and oxygen atoms in total. The smallest absolute Gasteiger partial charge is 0.374 e. The number of rotatable bonds is 4. The van der Waals surface area contributed by atoms with Gasteiger partial charge in [0, 0.05) is 23.9 Å². The van der Waals surface area contributed by atoms with Crippen molar-refractivity contribution in [2.24, 2.45) is 17.8 Å². The number of nitrogens with zero attached hydrogens (tertiary/aromatic N) is 1. The normalized spacial score (nSPS) is 30.3. The van der Waals surface area contributed by atoms with Crippen molar-refractivity contribution in [1.29, 1.82) is 5.26 Å². The van der Waals surface area contributed by atoms with Gasteiger partial charge >= 0.3 is 6.18 Å². The summed E-state index contributed by atoms with van der Waals surface area (Å²) in [5.41, 5.74) is -0.178. The Morgan fingerprint density at radius 2 is 1.93 bits per heavy atom. The molecular weight excluding hydrogens is 387 g/mol. The van der Waals surface area contributed by atoms with E-state index in [-0.39, 0.29) is 37.0 Å². The fourth-order valence-electron chi connectivity index (χ4n) is 4.21. The number of ether oxygens (including phenoxy) is 1. The summed E-state index contributed by atoms with van der Waals surface area (Å²) < 4.78 is 45.9. The average Bonchev–Trinajstić information content (AvgIpc) is 2.68. The van der Waals surface area contributed by atoms with Crippen LogP contribution in [0.25, 0.3) is 0 Å². The Balaban J connectivity index is 1.70. The van der Waals surface area contributed by atoms with Gasteiger partial charge in [-0.25, -0.2) is 0 Å². The van der Waals surface area contributed by atoms with Gasteiger partial charge in [0.15, 0.2) is 0 Å². The van der Waals surface area contributed by atoms with E-state index in [0.717, 1.165) is 0 Å². The van der Waals surface area contributed by atoms with Crippen molar-refractivity contribution < 1.29 is 22.7 Å². The molecule has 3 unspecified atom stereocenters. The predicted octanol–water partition coefficient (Wildman–Crippen LogP) is 3.76. The Morgan fingerprint density at radius 1 is 1.21 bits per heavy atom. The number of H-pyrrole nitrogens is 1. The van der Waals surface area contributed by atoms with Gasteiger partial charge in [-0.3, -0.25) is 9.59 Å². The van der Waals surface area contributed by atoms with E-state index in [2.05, 4.69) is 16.4 Å². The molecule has 0 saturated heterocycles. The van der Waals surface area contributed by atoms with E-state index < -0.39 is 35.6 Å². The van der Waals surface area contributed by atoms with Gasteiger partial charge in [0.1, 0.15) is 0 Å². The fourth-order valence-corrected chi connectivity index (χ4v) is 4.21. The van der Waals surface area contributed by atoms with Crippen LogP contribution in [-0.2, 0) is 9.53 Å². The molecule has 1 heterocycles. The van der Waals surface area contributed by atoms with Crippen molar-refractivity contribution in [1.82, 2.24) is 4.98 Å². The third-order valence-electron chi connectivity index (χ3n) is 5.85. The van der Waals surface area contributed by atoms with E-state index in [4.69, 9.17) is 10.00 Å². The van der Waals surface area contributed by atoms with Crippen LogP contribution in [0.1, 0.15) is 44.9 Å². The Kier molecular flexibility index (Phi) is 6.63. The Morgan fingerprint density at radius 3 is 2.55 bits per heavy atom. The van der Waals surface area contributed by atoms with Gasteiger partial charge in [0.05, 0.1) is 30.1 Å². The van der Waals surface area contributed by atoms with E-state index >= 15 is 0 Å². The Hall–Kier alpha value is -2.34. The molecule has 1 amide bonds. The first kappa shape index (κ1) is 21.4. The fraction of sp³-hybridized carbons (Fsp3) is 0.650. The number of hydrogen-bond acceptors (Lipinski definition) is 4. The highest BCUT2D eigenvalue weighted by Gasteiger charge is 2.47. The number of alkyl halides is 3. The number of hydrogen-bond donors (Lipinski definition) is 2. The average molecular weight is 411 g/mol. The molecule has 2 saturated carbocycles. The van der Waals surface area contributed by atoms with Crippen LogP contribution in [0.15, 0.2) is 23.1 Å². The molecule has 29 heavy (non-hydrogen) atoms. The van der Waals surface area contributed by atoms with Crippen molar-refractivity contribution in [3.05, 3.63) is 28.7 Å². The van der Waals surface area contributed by atoms with Crippen LogP contribution in [0.5, 0.6) is 0 Å². The molecule has 3 atom stereocenters. The molecule has 2 N–H and O–H groups in total. The lowest BCUT2D eigenvalue weighted by Gasteiger charge is -2.38. The van der Waals surface area contributed by atoms with Crippen molar-refractivity contribution in [3.63, 3.8) is 0 Å². The first-order valence-electron chi connectivity index (χ1n) is 9.87. The number of halogens is 3. The summed E-state index contributed by atoms with van der Waals surface area (Å²) in [5.74, 6) is -3.08. The topological polar surface area (TPSA) is 95.0 Å². The highest BCUT2D eigenvalue weighted by Crippen LogP contribution is 2.42. The minimum atomic E-state index is -4.36. The number of nitriles is 1. The highest BCUT2D eigenvalue weighted by molar-refractivity contribution is 5.92. The molecule has 3 rings (SSSR count). The molecule has 1 aromatic heterocycles. The third kappa shape index (κ3) is 5.60. The molecule has 0 radical (unpaired) electrons. The number of pyridine rings is 1. The molecule has 1 aromatic rings. The zero-order chi connectivity index (χ0) is 21.0. The molecule has 2 aliphatic rings. The lowest BCUT2D eigenvalue weighted by Crippen LogP contribution is -2.44. The molecule has 158 valence electrons. The molecular formula is C20H24F3N3O3. The molecule has 9 heteroatoms. The molecule has 2 fully saturated rings. The van der Waals surface area contributed by atoms with Crippen LogP contribution in [0.3, 0.4) is 0 Å². The van der Waals surface area contributed by atoms with Crippen LogP contribution in [0.4, 0.5) is 18.9 Å². The summed E-state index contributed by atoms with van der Waals surface area (Å²) in [7, 11) is 0. The number of carbonyl (C=O) groups is 1. The second-order valence-electron chi connectivity index (χ2n) is 7.87. The lowest BCUT2D eigenvalue weighted by molar-refractivity contribution is -0.198. The van der Waals surface area contributed by atoms with Gasteiger partial charge < -0.3 is 15.0 Å². The van der Waals surface area contributed by atoms with Crippen molar-refractivity contribution in [2.75, 3.05) is 5.32 Å². The summed E-state index contributed by atoms with van der Waals surface area (Å²) in [5, 5.41) is 11.6. The second kappa shape index (κ2) is 8.99. The number of aromatic nitrogens is 1. The highest BCUT2D eigenvalue weighted by atomic mass is 19.4. The van der Waals surface area contributed by atoms with E-state index in [0.29, 0.717) is 25.7 Å². The summed E-state index contributed by atoms with van der Waals surface area (Å²) in [6.45, 7) is 0. The zero-order valence-corrected chi connectivity index (χ0v) is 15.9. The summed E-state index contributed by atoms with van der Waals surface area (Å²) in [6, 6.07) is 4.89. The van der Waals surface area contributed by atoms with Crippen molar-refractivity contribution >= 4 is 11.6 Å². The van der Waals surface area contributed by atoms with E-state index in [1.165, 1.54) is 18.3 Å². The lowest BCUT2D eigenvalue weighted by atomic mass is 9.78. The summed E-state index contributed by atoms with van der Waals surface area (Å²) in [4.78, 5) is 26.6. The van der Waals surface area contributed by atoms with Crippen LogP contribution in [-0.4, -0.2) is 29.3 Å². The largest absolute Gasteiger partial charge is 0.391 e. The number of anilines is 1. The number of amides is 1. The Labute approximate surface area is 166 Å². The first-order chi connectivity index (χ1) is 13.8. The van der Waals surface area contributed by atoms with Crippen molar-refractivity contribution in [3.8, 4) is 6.07 Å². The van der Waals surface area contributed by atoms with E-state index in [9.17, 15) is 22.8 Å². The summed E-state index contributed by atoms with van der Waals surface area (Å²) >= 11 is 0. The maximum Gasteiger partial charge on any atom is 0.391 e. The van der Waals surface area contributed by atoms with Crippen LogP contribution in [0.2, 0.25) is 0 Å². The van der Waals surface area contributed by atoms with Gasteiger partial charge in [0.25, 0.3) is 0 Å². The molecule has 0 aliphatic heterocycles. The number of aromatic amines is 1. The van der Waals surface area contributed by atoms with Gasteiger partial charge in [0.2, 0.25) is 11.5 Å². The minimum absolute atomic E-state index is 0.00826. The number of nitrogens with one attached hydrogen (secondary N) is 2. The quantitative estimate of drug-likeness (QED) is 0.789. The first-order valence-corrected chi connectivity index (χ1v) is 9.87. The van der Waals surface area contributed by atoms with Gasteiger partial charge in [-0.1, -0.05) is 0 Å². The standard InChI is InChI=1S/C20H24F3N3O3/c21-20(22,23)13-3-6-17(29-15-4-1-12(11-24)2-5-15)16(9-13)19(28)26-14-7-8-25-18(27)10-14/h7-8,10,12-13,15-17H,1-6,9H2,(H2,25,26,27,28). The molecule has 0 spiro atoms. The van der Waals surface area contributed by atoms with Crippen LogP contribution < -0.4 is 10.9 Å². The van der Waals surface area contributed by atoms with Crippen molar-refractivity contribution in [2.45, 2.75) is 63.3 Å². The van der Waals surface area contributed by atoms with Gasteiger partial charge in [-0.2, -0.15) is 18.4 Å². The third-order valence-corrected chi connectivity index (χ3v) is 5.85. The maximum absolute atomic E-state index is 13.3. The number of carbonyl (C=O) groups excluding carboxylic acids is 1. The molecule has 0 aromatic carbocycles. The SMILES string of the molecule is N#CC1CCC(OC2CCC(C(F)(F)F)CC2C(=O)Nc2cc[nH]c(=O)c2)CC1. The zero-order valence-electron chi connectivity index (χ0n) is 15.9. The molecule has 2 aliphatic carbocycles. The predicted molar refractivity (Wildman–Crippen MR) is 98.8 cm³/mol. The molecule has 0 bridgehead atoms. The van der Waals surface area contributed by atoms with E-state index in [1.807, 2.05) is 0 Å². The van der Waals surface area contributed by atoms with Crippen LogP contribution >= 0.6 is 0 Å². The van der Waals surface area contributed by atoms with Gasteiger partial charge in [-0.15, -0.1) is 0 Å². The minimum Gasteiger partial charge on any atom is -0.374 e. The van der Waals surface area contributed by atoms with E-state index in [1.54, 1.807) is 0 Å². The Bertz CT molecular complexity index is 809. The van der Waals surface area contributed by atoms with Crippen LogP contribution in [0, 0.1) is 29.1 Å². The second-order valence-corrected chi connectivity index (χ2v) is 7.87. The maximum atomic E-state index is 13.3. The van der Waals surface area contributed by atoms with Gasteiger partial charge in [-0.05, 0) is 51.0 Å². The summed E-state index contributed by atoms with van der Waals surface area (Å²) in [6.07, 6.45) is -1.30.